The fourth-order valence-electron chi connectivity index (χ4n) is 3.00. The van der Waals surface area contributed by atoms with Crippen LogP contribution in [0.4, 0.5) is 16.2 Å². The number of aryl methyl sites for hydroxylation is 1. The van der Waals surface area contributed by atoms with Crippen LogP contribution in [-0.4, -0.2) is 64.6 Å². The second-order valence-electron chi connectivity index (χ2n) is 7.07. The summed E-state index contributed by atoms with van der Waals surface area (Å²) in [6.45, 7) is 3.44. The standard InChI is InChI=1S/C21H29N5O5/c1-4-11-25(21(28)22-17-7-9-18(10-8-17)26(29)30)16-20(27)24(13-14-31-3)15-19-6-5-12-23(19)2/h5-10,12H,4,11,13-16H2,1-3H3,(H,22,28). The van der Waals surface area contributed by atoms with Gasteiger partial charge in [0, 0.05) is 57.0 Å². The predicted molar refractivity (Wildman–Crippen MR) is 117 cm³/mol. The monoisotopic (exact) mass is 431 g/mol. The number of amides is 3. The fraction of sp³-hybridized carbons (Fsp3) is 0.429. The summed E-state index contributed by atoms with van der Waals surface area (Å²) in [6.07, 6.45) is 2.59. The first kappa shape index (κ1) is 23.9. The van der Waals surface area contributed by atoms with Crippen molar-refractivity contribution in [2.24, 2.45) is 7.05 Å². The highest BCUT2D eigenvalue weighted by atomic mass is 16.6. The van der Waals surface area contributed by atoms with Crippen LogP contribution in [0.1, 0.15) is 19.0 Å². The Hall–Kier alpha value is -3.40. The Morgan fingerprint density at radius 2 is 1.87 bits per heavy atom. The van der Waals surface area contributed by atoms with Crippen molar-refractivity contribution in [3.05, 3.63) is 58.4 Å². The van der Waals surface area contributed by atoms with E-state index in [2.05, 4.69) is 5.32 Å². The van der Waals surface area contributed by atoms with E-state index in [1.807, 2.05) is 36.9 Å². The summed E-state index contributed by atoms with van der Waals surface area (Å²) < 4.78 is 7.08. The van der Waals surface area contributed by atoms with Gasteiger partial charge in [-0.1, -0.05) is 6.92 Å². The van der Waals surface area contributed by atoms with E-state index in [1.165, 1.54) is 29.2 Å². The average molecular weight is 431 g/mol. The molecule has 0 bridgehead atoms. The van der Waals surface area contributed by atoms with Gasteiger partial charge in [-0.15, -0.1) is 0 Å². The van der Waals surface area contributed by atoms with Crippen molar-refractivity contribution in [2.45, 2.75) is 19.9 Å². The number of anilines is 1. The first-order chi connectivity index (χ1) is 14.8. The Labute approximate surface area is 181 Å². The Kier molecular flexibility index (Phi) is 9.01. The lowest BCUT2D eigenvalue weighted by Crippen LogP contribution is -2.45. The topological polar surface area (TPSA) is 110 Å². The van der Waals surface area contributed by atoms with Crippen LogP contribution in [0.2, 0.25) is 0 Å². The molecule has 0 atom stereocenters. The molecular formula is C21H29N5O5. The van der Waals surface area contributed by atoms with Gasteiger partial charge in [-0.05, 0) is 30.7 Å². The van der Waals surface area contributed by atoms with Gasteiger partial charge in [0.25, 0.3) is 5.69 Å². The van der Waals surface area contributed by atoms with Crippen molar-refractivity contribution in [3.8, 4) is 0 Å². The van der Waals surface area contributed by atoms with E-state index in [0.29, 0.717) is 38.3 Å². The van der Waals surface area contributed by atoms with Crippen molar-refractivity contribution in [3.63, 3.8) is 0 Å². The second kappa shape index (κ2) is 11.7. The predicted octanol–water partition coefficient (Wildman–Crippen LogP) is 2.85. The largest absolute Gasteiger partial charge is 0.383 e. The summed E-state index contributed by atoms with van der Waals surface area (Å²) in [5, 5.41) is 13.5. The maximum Gasteiger partial charge on any atom is 0.322 e. The van der Waals surface area contributed by atoms with Crippen molar-refractivity contribution in [1.29, 1.82) is 0 Å². The van der Waals surface area contributed by atoms with Crippen LogP contribution >= 0.6 is 0 Å². The van der Waals surface area contributed by atoms with Gasteiger partial charge in [0.1, 0.15) is 6.54 Å². The minimum Gasteiger partial charge on any atom is -0.383 e. The summed E-state index contributed by atoms with van der Waals surface area (Å²) >= 11 is 0. The molecule has 0 unspecified atom stereocenters. The Morgan fingerprint density at radius 1 is 1.16 bits per heavy atom. The van der Waals surface area contributed by atoms with Gasteiger partial charge >= 0.3 is 6.03 Å². The lowest BCUT2D eigenvalue weighted by molar-refractivity contribution is -0.384. The van der Waals surface area contributed by atoms with E-state index >= 15 is 0 Å². The summed E-state index contributed by atoms with van der Waals surface area (Å²) in [5.74, 6) is -0.189. The van der Waals surface area contributed by atoms with Crippen LogP contribution in [0.15, 0.2) is 42.6 Å². The third-order valence-corrected chi connectivity index (χ3v) is 4.76. The molecule has 0 fully saturated rings. The molecule has 0 saturated carbocycles. The molecule has 0 radical (unpaired) electrons. The Bertz CT molecular complexity index is 881. The SMILES string of the molecule is CCCN(CC(=O)N(CCOC)Cc1cccn1C)C(=O)Nc1ccc([N+](=O)[O-])cc1. The molecule has 0 aliphatic heterocycles. The van der Waals surface area contributed by atoms with Gasteiger partial charge < -0.3 is 24.4 Å². The maximum atomic E-state index is 13.0. The van der Waals surface area contributed by atoms with Crippen molar-refractivity contribution >= 4 is 23.3 Å². The molecule has 0 spiro atoms. The number of nitro groups is 1. The lowest BCUT2D eigenvalue weighted by atomic mass is 10.3. The molecule has 0 aliphatic rings. The number of hydrogen-bond donors (Lipinski definition) is 1. The summed E-state index contributed by atoms with van der Waals surface area (Å²) in [5.41, 5.74) is 1.33. The molecule has 31 heavy (non-hydrogen) atoms. The Balaban J connectivity index is 2.07. The zero-order chi connectivity index (χ0) is 22.8. The molecule has 168 valence electrons. The number of nitrogens with one attached hydrogen (secondary N) is 1. The van der Waals surface area contributed by atoms with Crippen LogP contribution in [-0.2, 0) is 23.1 Å². The molecular weight excluding hydrogens is 402 g/mol. The number of aromatic nitrogens is 1. The minimum atomic E-state index is -0.505. The number of rotatable bonds is 11. The van der Waals surface area contributed by atoms with Crippen molar-refractivity contribution in [1.82, 2.24) is 14.4 Å². The van der Waals surface area contributed by atoms with Gasteiger partial charge in [0.15, 0.2) is 0 Å². The van der Waals surface area contributed by atoms with Crippen LogP contribution in [0, 0.1) is 10.1 Å². The highest BCUT2D eigenvalue weighted by Gasteiger charge is 2.22. The number of carbonyl (C=O) groups is 2. The van der Waals surface area contributed by atoms with Gasteiger partial charge in [0.05, 0.1) is 18.1 Å². The van der Waals surface area contributed by atoms with Crippen molar-refractivity contribution in [2.75, 3.05) is 38.7 Å². The van der Waals surface area contributed by atoms with E-state index in [0.717, 1.165) is 5.69 Å². The lowest BCUT2D eigenvalue weighted by Gasteiger charge is -2.27. The fourth-order valence-corrected chi connectivity index (χ4v) is 3.00. The third-order valence-electron chi connectivity index (χ3n) is 4.76. The van der Waals surface area contributed by atoms with Gasteiger partial charge in [0.2, 0.25) is 5.91 Å². The first-order valence-corrected chi connectivity index (χ1v) is 10.0. The number of non-ortho nitro benzene ring substituents is 1. The maximum absolute atomic E-state index is 13.0. The number of nitro benzene ring substituents is 1. The highest BCUT2D eigenvalue weighted by Crippen LogP contribution is 2.16. The summed E-state index contributed by atoms with van der Waals surface area (Å²) in [6, 6.07) is 8.97. The molecule has 2 aromatic rings. The smallest absolute Gasteiger partial charge is 0.322 e. The summed E-state index contributed by atoms with van der Waals surface area (Å²) in [7, 11) is 3.49. The normalized spacial score (nSPS) is 10.5. The molecule has 0 saturated heterocycles. The van der Waals surface area contributed by atoms with Crippen LogP contribution < -0.4 is 5.32 Å². The number of benzene rings is 1. The number of hydrogen-bond acceptors (Lipinski definition) is 5. The Morgan fingerprint density at radius 3 is 2.42 bits per heavy atom. The molecule has 10 nitrogen and oxygen atoms in total. The highest BCUT2D eigenvalue weighted by molar-refractivity contribution is 5.92. The molecule has 1 N–H and O–H groups in total. The zero-order valence-electron chi connectivity index (χ0n) is 18.1. The second-order valence-corrected chi connectivity index (χ2v) is 7.07. The van der Waals surface area contributed by atoms with Crippen molar-refractivity contribution < 1.29 is 19.2 Å². The average Bonchev–Trinajstić information content (AvgIpc) is 3.15. The van der Waals surface area contributed by atoms with Crippen LogP contribution in [0.3, 0.4) is 0 Å². The molecule has 10 heteroatoms. The van der Waals surface area contributed by atoms with Gasteiger partial charge in [-0.3, -0.25) is 14.9 Å². The third kappa shape index (κ3) is 7.10. The number of methoxy groups -OCH3 is 1. The zero-order valence-corrected chi connectivity index (χ0v) is 18.1. The van der Waals surface area contributed by atoms with E-state index in [4.69, 9.17) is 4.74 Å². The molecule has 1 aromatic carbocycles. The molecule has 3 amide bonds. The van der Waals surface area contributed by atoms with E-state index < -0.39 is 11.0 Å². The van der Waals surface area contributed by atoms with Gasteiger partial charge in [-0.2, -0.15) is 0 Å². The number of nitrogens with zero attached hydrogens (tertiary/aromatic N) is 4. The quantitative estimate of drug-likeness (QED) is 0.435. The molecule has 1 heterocycles. The number of carbonyl (C=O) groups excluding carboxylic acids is 2. The van der Waals surface area contributed by atoms with E-state index in [1.54, 1.807) is 12.0 Å². The van der Waals surface area contributed by atoms with Crippen LogP contribution in [0.25, 0.3) is 0 Å². The first-order valence-electron chi connectivity index (χ1n) is 10.0. The molecule has 1 aromatic heterocycles. The molecule has 0 aliphatic carbocycles. The minimum absolute atomic E-state index is 0.0620. The van der Waals surface area contributed by atoms with Gasteiger partial charge in [-0.25, -0.2) is 4.79 Å². The molecule has 2 rings (SSSR count). The number of ether oxygens (including phenoxy) is 1. The van der Waals surface area contributed by atoms with E-state index in [-0.39, 0.29) is 18.1 Å². The summed E-state index contributed by atoms with van der Waals surface area (Å²) in [4.78, 5) is 39.1. The number of urea groups is 1. The van der Waals surface area contributed by atoms with E-state index in [9.17, 15) is 19.7 Å². The van der Waals surface area contributed by atoms with Crippen LogP contribution in [0.5, 0.6) is 0 Å².